The molecule has 1 heterocycles. The van der Waals surface area contributed by atoms with Crippen LogP contribution in [0.15, 0.2) is 35.7 Å². The number of fused-ring (bicyclic) bond motifs is 1. The molecule has 1 N–H and O–H groups in total. The Kier molecular flexibility index (Phi) is 6.26. The third kappa shape index (κ3) is 4.75. The maximum absolute atomic E-state index is 12.7. The van der Waals surface area contributed by atoms with E-state index in [1.54, 1.807) is 5.38 Å². The van der Waals surface area contributed by atoms with Gasteiger partial charge in [0, 0.05) is 24.0 Å². The minimum Gasteiger partial charge on any atom is -0.481 e. The first-order valence-electron chi connectivity index (χ1n) is 8.67. The minimum atomic E-state index is -0.911. The number of thiazole rings is 1. The number of hydrogen-bond acceptors (Lipinski definition) is 6. The maximum atomic E-state index is 12.7. The Morgan fingerprint density at radius 2 is 1.96 bits per heavy atom. The van der Waals surface area contributed by atoms with Crippen molar-refractivity contribution in [1.29, 1.82) is 0 Å². The van der Waals surface area contributed by atoms with Crippen LogP contribution in [0, 0.1) is 0 Å². The van der Waals surface area contributed by atoms with Crippen molar-refractivity contribution in [2.24, 2.45) is 0 Å². The van der Waals surface area contributed by atoms with E-state index in [2.05, 4.69) is 4.98 Å². The lowest BCUT2D eigenvalue weighted by molar-refractivity contribution is -0.138. The summed E-state index contributed by atoms with van der Waals surface area (Å²) in [4.78, 5) is 39.5. The maximum Gasteiger partial charge on any atom is 0.305 e. The van der Waals surface area contributed by atoms with E-state index >= 15 is 0 Å². The summed E-state index contributed by atoms with van der Waals surface area (Å²) in [6, 6.07) is 7.78. The number of carboxylic acid groups (broad SMARTS) is 1. The molecule has 1 aliphatic rings. The van der Waals surface area contributed by atoms with Crippen molar-refractivity contribution in [3.63, 3.8) is 0 Å². The van der Waals surface area contributed by atoms with Crippen LogP contribution in [0.3, 0.4) is 0 Å². The molecule has 6 nitrogen and oxygen atoms in total. The zero-order chi connectivity index (χ0) is 19.2. The number of aliphatic carboxylic acids is 1. The first-order chi connectivity index (χ1) is 13.1. The highest BCUT2D eigenvalue weighted by Crippen LogP contribution is 2.30. The van der Waals surface area contributed by atoms with Crippen molar-refractivity contribution < 1.29 is 24.2 Å². The number of benzene rings is 1. The molecule has 140 valence electrons. The van der Waals surface area contributed by atoms with Gasteiger partial charge in [-0.2, -0.15) is 0 Å². The number of aromatic nitrogens is 1. The summed E-state index contributed by atoms with van der Waals surface area (Å²) in [7, 11) is 0. The molecule has 1 aromatic carbocycles. The first-order valence-corrected chi connectivity index (χ1v) is 9.55. The summed E-state index contributed by atoms with van der Waals surface area (Å²) in [6.07, 6.45) is 3.32. The van der Waals surface area contributed by atoms with E-state index in [0.29, 0.717) is 29.3 Å². The Labute approximate surface area is 160 Å². The van der Waals surface area contributed by atoms with Crippen molar-refractivity contribution in [2.45, 2.75) is 25.7 Å². The summed E-state index contributed by atoms with van der Waals surface area (Å²) in [6.45, 7) is 0.452. The Morgan fingerprint density at radius 1 is 1.15 bits per heavy atom. The highest BCUT2D eigenvalue weighted by atomic mass is 32.1. The van der Waals surface area contributed by atoms with Crippen LogP contribution in [0.2, 0.25) is 0 Å². The molecule has 7 heteroatoms. The standard InChI is InChI=1S/C20H19NO5S/c22-17(6-3-10-26-11-9-18(23)24)16-12-27-20(21-16)19(25)15-8-7-13-4-1-2-5-14(13)15/h1-2,4-5,8,12H,3,6-7,9-11H2,(H,23,24). The highest BCUT2D eigenvalue weighted by molar-refractivity contribution is 7.12. The fourth-order valence-electron chi connectivity index (χ4n) is 2.84. The molecule has 0 radical (unpaired) electrons. The van der Waals surface area contributed by atoms with Gasteiger partial charge in [0.2, 0.25) is 5.78 Å². The van der Waals surface area contributed by atoms with Gasteiger partial charge in [-0.3, -0.25) is 14.4 Å². The second-order valence-electron chi connectivity index (χ2n) is 6.13. The van der Waals surface area contributed by atoms with Gasteiger partial charge in [0.1, 0.15) is 5.69 Å². The summed E-state index contributed by atoms with van der Waals surface area (Å²) in [5.41, 5.74) is 2.99. The van der Waals surface area contributed by atoms with Crippen LogP contribution in [0.4, 0.5) is 0 Å². The number of carbonyl (C=O) groups is 3. The lowest BCUT2D eigenvalue weighted by Crippen LogP contribution is -2.07. The lowest BCUT2D eigenvalue weighted by Gasteiger charge is -2.02. The van der Waals surface area contributed by atoms with Crippen LogP contribution in [0.25, 0.3) is 5.57 Å². The van der Waals surface area contributed by atoms with Gasteiger partial charge < -0.3 is 9.84 Å². The van der Waals surface area contributed by atoms with Crippen LogP contribution in [-0.4, -0.2) is 40.8 Å². The predicted octanol–water partition coefficient (Wildman–Crippen LogP) is 3.42. The average molecular weight is 385 g/mol. The van der Waals surface area contributed by atoms with Gasteiger partial charge in [-0.05, 0) is 24.0 Å². The largest absolute Gasteiger partial charge is 0.481 e. The normalized spacial score (nSPS) is 12.5. The van der Waals surface area contributed by atoms with Crippen LogP contribution in [0.5, 0.6) is 0 Å². The van der Waals surface area contributed by atoms with E-state index in [-0.39, 0.29) is 31.0 Å². The molecular weight excluding hydrogens is 366 g/mol. The van der Waals surface area contributed by atoms with Crippen molar-refractivity contribution in [1.82, 2.24) is 4.98 Å². The van der Waals surface area contributed by atoms with Gasteiger partial charge in [-0.1, -0.05) is 30.3 Å². The quantitative estimate of drug-likeness (QED) is 0.497. The molecule has 0 spiro atoms. The number of rotatable bonds is 10. The number of carboxylic acids is 1. The van der Waals surface area contributed by atoms with E-state index in [1.807, 2.05) is 30.3 Å². The van der Waals surface area contributed by atoms with Crippen molar-refractivity contribution in [3.05, 3.63) is 57.6 Å². The number of ketones is 2. The molecule has 0 amide bonds. The topological polar surface area (TPSA) is 93.6 Å². The molecule has 2 aromatic rings. The molecule has 0 fully saturated rings. The van der Waals surface area contributed by atoms with E-state index in [4.69, 9.17) is 9.84 Å². The van der Waals surface area contributed by atoms with Gasteiger partial charge in [-0.25, -0.2) is 4.98 Å². The van der Waals surface area contributed by atoms with Gasteiger partial charge >= 0.3 is 5.97 Å². The number of Topliss-reactive ketones (excluding diaryl/α,β-unsaturated/α-hetero) is 2. The molecular formula is C20H19NO5S. The number of allylic oxidation sites excluding steroid dienone is 2. The minimum absolute atomic E-state index is 0.0511. The zero-order valence-electron chi connectivity index (χ0n) is 14.6. The van der Waals surface area contributed by atoms with Gasteiger partial charge in [0.25, 0.3) is 0 Å². The van der Waals surface area contributed by atoms with Crippen molar-refractivity contribution in [2.75, 3.05) is 13.2 Å². The fraction of sp³-hybridized carbons (Fsp3) is 0.300. The summed E-state index contributed by atoms with van der Waals surface area (Å²) in [5, 5.41) is 10.4. The number of nitrogens with zero attached hydrogens (tertiary/aromatic N) is 1. The summed E-state index contributed by atoms with van der Waals surface area (Å²) < 4.78 is 5.16. The molecule has 0 saturated carbocycles. The Morgan fingerprint density at radius 3 is 2.78 bits per heavy atom. The SMILES string of the molecule is O=C(O)CCOCCCC(=O)c1csc(C(=O)C2=CCc3ccccc32)n1. The Hall–Kier alpha value is -2.64. The van der Waals surface area contributed by atoms with E-state index < -0.39 is 5.97 Å². The van der Waals surface area contributed by atoms with E-state index in [0.717, 1.165) is 17.5 Å². The number of ether oxygens (including phenoxy) is 1. The van der Waals surface area contributed by atoms with E-state index in [9.17, 15) is 14.4 Å². The van der Waals surface area contributed by atoms with E-state index in [1.165, 1.54) is 11.3 Å². The van der Waals surface area contributed by atoms with Crippen LogP contribution < -0.4 is 0 Å². The third-order valence-electron chi connectivity index (χ3n) is 4.22. The van der Waals surface area contributed by atoms with Crippen LogP contribution >= 0.6 is 11.3 Å². The predicted molar refractivity (Wildman–Crippen MR) is 101 cm³/mol. The van der Waals surface area contributed by atoms with Crippen molar-refractivity contribution in [3.8, 4) is 0 Å². The second-order valence-corrected chi connectivity index (χ2v) is 6.99. The number of hydrogen-bond donors (Lipinski definition) is 1. The monoisotopic (exact) mass is 385 g/mol. The highest BCUT2D eigenvalue weighted by Gasteiger charge is 2.24. The lowest BCUT2D eigenvalue weighted by atomic mass is 10.0. The molecule has 1 aliphatic carbocycles. The Bertz CT molecular complexity index is 899. The van der Waals surface area contributed by atoms with Gasteiger partial charge in [0.15, 0.2) is 10.8 Å². The Balaban J connectivity index is 1.53. The van der Waals surface area contributed by atoms with Crippen molar-refractivity contribution >= 4 is 34.4 Å². The molecule has 0 aliphatic heterocycles. The van der Waals surface area contributed by atoms with Crippen LogP contribution in [-0.2, 0) is 16.0 Å². The zero-order valence-corrected chi connectivity index (χ0v) is 15.5. The molecule has 1 aromatic heterocycles. The first kappa shape index (κ1) is 19.1. The molecule has 0 atom stereocenters. The second kappa shape index (κ2) is 8.83. The molecule has 0 saturated heterocycles. The molecule has 0 unspecified atom stereocenters. The van der Waals surface area contributed by atoms with Crippen LogP contribution in [0.1, 0.15) is 50.7 Å². The molecule has 3 rings (SSSR count). The van der Waals surface area contributed by atoms with Gasteiger partial charge in [-0.15, -0.1) is 11.3 Å². The number of carbonyl (C=O) groups excluding carboxylic acids is 2. The third-order valence-corrected chi connectivity index (χ3v) is 5.06. The average Bonchev–Trinajstić information content (AvgIpc) is 3.31. The summed E-state index contributed by atoms with van der Waals surface area (Å²) in [5.74, 6) is -1.21. The molecule has 0 bridgehead atoms. The van der Waals surface area contributed by atoms with Gasteiger partial charge in [0.05, 0.1) is 13.0 Å². The fourth-order valence-corrected chi connectivity index (χ4v) is 3.62. The summed E-state index contributed by atoms with van der Waals surface area (Å²) >= 11 is 1.18. The molecule has 27 heavy (non-hydrogen) atoms. The smallest absolute Gasteiger partial charge is 0.305 e.